The molecule has 5 nitrogen and oxygen atoms in total. The van der Waals surface area contributed by atoms with E-state index in [9.17, 15) is 0 Å². The molecule has 84 valence electrons. The van der Waals surface area contributed by atoms with Crippen LogP contribution in [-0.2, 0) is 23.2 Å². The van der Waals surface area contributed by atoms with Gasteiger partial charge in [0.05, 0.1) is 24.4 Å². The minimum absolute atomic E-state index is 0.0336. The van der Waals surface area contributed by atoms with Crippen molar-refractivity contribution in [3.8, 4) is 0 Å². The highest BCUT2D eigenvalue weighted by Gasteiger charge is 2.45. The third-order valence-corrected chi connectivity index (χ3v) is 2.85. The van der Waals surface area contributed by atoms with E-state index >= 15 is 0 Å². The summed E-state index contributed by atoms with van der Waals surface area (Å²) in [7, 11) is -1.37. The molecule has 2 aliphatic heterocycles. The quantitative estimate of drug-likeness (QED) is 0.630. The van der Waals surface area contributed by atoms with Gasteiger partial charge in [-0.2, -0.15) is 0 Å². The maximum absolute atomic E-state index is 5.40. The molecule has 2 rings (SSSR count). The molecule has 2 saturated heterocycles. The molecule has 7 heteroatoms. The van der Waals surface area contributed by atoms with Crippen LogP contribution in [0, 0.1) is 0 Å². The molecule has 4 unspecified atom stereocenters. The molecule has 0 aromatic rings. The van der Waals surface area contributed by atoms with Crippen LogP contribution in [0.2, 0.25) is 0 Å². The zero-order valence-electron chi connectivity index (χ0n) is 9.51. The van der Waals surface area contributed by atoms with Crippen molar-refractivity contribution in [3.05, 3.63) is 0 Å². The summed E-state index contributed by atoms with van der Waals surface area (Å²) in [5.74, 6) is 0. The van der Waals surface area contributed by atoms with Gasteiger partial charge in [-0.15, -0.1) is 0 Å². The number of hydrogen-bond donors (Lipinski definition) is 0. The summed E-state index contributed by atoms with van der Waals surface area (Å²) < 4.78 is 27.0. The van der Waals surface area contributed by atoms with Gasteiger partial charge in [0, 0.05) is 0 Å². The Labute approximate surface area is 90.7 Å². The van der Waals surface area contributed by atoms with E-state index in [1.807, 2.05) is 27.7 Å². The van der Waals surface area contributed by atoms with Gasteiger partial charge in [-0.3, -0.25) is 0 Å². The molecule has 0 radical (unpaired) electrons. The first-order valence-corrected chi connectivity index (χ1v) is 5.33. The Morgan fingerprint density at radius 1 is 0.667 bits per heavy atom. The smallest absolute Gasteiger partial charge is 0.399 e. The molecule has 0 spiro atoms. The molecule has 4 atom stereocenters. The maximum Gasteiger partial charge on any atom is 0.628 e. The molecular formula is C8H16B2O5. The van der Waals surface area contributed by atoms with Crippen LogP contribution in [0.15, 0.2) is 0 Å². The highest BCUT2D eigenvalue weighted by Crippen LogP contribution is 2.21. The lowest BCUT2D eigenvalue weighted by molar-refractivity contribution is 0.176. The van der Waals surface area contributed by atoms with Crippen LogP contribution in [0.4, 0.5) is 0 Å². The predicted molar refractivity (Wildman–Crippen MR) is 54.8 cm³/mol. The van der Waals surface area contributed by atoms with Gasteiger partial charge in [-0.25, -0.2) is 0 Å². The first-order chi connectivity index (χ1) is 7.06. The van der Waals surface area contributed by atoms with Crippen LogP contribution in [0.5, 0.6) is 0 Å². The van der Waals surface area contributed by atoms with Crippen molar-refractivity contribution in [1.29, 1.82) is 0 Å². The largest absolute Gasteiger partial charge is 0.628 e. The molecule has 0 aromatic heterocycles. The molecule has 2 heterocycles. The molecule has 0 aliphatic carbocycles. The second kappa shape index (κ2) is 4.43. The predicted octanol–water partition coefficient (Wildman–Crippen LogP) is 0.620. The molecule has 2 fully saturated rings. The lowest BCUT2D eigenvalue weighted by Crippen LogP contribution is -2.32. The Hall–Kier alpha value is -0.0701. The standard InChI is InChI=1S/C8H16B2O5/c1-5-6(2)12-9(11-5)15-10-13-7(3)8(4)14-10/h5-8H,1-4H3. The van der Waals surface area contributed by atoms with E-state index in [0.717, 1.165) is 0 Å². The summed E-state index contributed by atoms with van der Waals surface area (Å²) >= 11 is 0. The highest BCUT2D eigenvalue weighted by atomic mass is 16.8. The fourth-order valence-corrected chi connectivity index (χ4v) is 1.43. The summed E-state index contributed by atoms with van der Waals surface area (Å²) in [6.45, 7) is 7.76. The van der Waals surface area contributed by atoms with Crippen LogP contribution in [-0.4, -0.2) is 39.1 Å². The minimum Gasteiger partial charge on any atom is -0.399 e. The summed E-state index contributed by atoms with van der Waals surface area (Å²) in [6, 6.07) is 0. The lowest BCUT2D eigenvalue weighted by atomic mass is 10.1. The Balaban J connectivity index is 1.79. The van der Waals surface area contributed by atoms with E-state index in [1.165, 1.54) is 0 Å². The SMILES string of the molecule is CC1OB(OB2OC(C)C(C)O2)OC1C. The molecule has 15 heavy (non-hydrogen) atoms. The van der Waals surface area contributed by atoms with Crippen molar-refractivity contribution in [2.24, 2.45) is 0 Å². The van der Waals surface area contributed by atoms with Gasteiger partial charge in [0.1, 0.15) is 0 Å². The zero-order chi connectivity index (χ0) is 11.0. The van der Waals surface area contributed by atoms with E-state index in [1.54, 1.807) is 0 Å². The fraction of sp³-hybridized carbons (Fsp3) is 1.00. The summed E-state index contributed by atoms with van der Waals surface area (Å²) in [5, 5.41) is 0. The average Bonchev–Trinajstić information content (AvgIpc) is 2.59. The third kappa shape index (κ3) is 2.54. The van der Waals surface area contributed by atoms with Crippen molar-refractivity contribution in [1.82, 2.24) is 0 Å². The monoisotopic (exact) mass is 214 g/mol. The van der Waals surface area contributed by atoms with Crippen molar-refractivity contribution in [3.63, 3.8) is 0 Å². The van der Waals surface area contributed by atoms with Gasteiger partial charge in [-0.05, 0) is 27.7 Å². The number of hydrogen-bond acceptors (Lipinski definition) is 5. The van der Waals surface area contributed by atoms with Crippen molar-refractivity contribution >= 4 is 14.6 Å². The average molecular weight is 214 g/mol. The Kier molecular flexibility index (Phi) is 3.37. The van der Waals surface area contributed by atoms with Gasteiger partial charge in [0.25, 0.3) is 0 Å². The molecule has 2 aliphatic rings. The van der Waals surface area contributed by atoms with E-state index in [2.05, 4.69) is 0 Å². The summed E-state index contributed by atoms with van der Waals surface area (Å²) in [4.78, 5) is 0. The van der Waals surface area contributed by atoms with Gasteiger partial charge in [0.15, 0.2) is 0 Å². The fourth-order valence-electron chi connectivity index (χ4n) is 1.43. The Morgan fingerprint density at radius 3 is 1.20 bits per heavy atom. The van der Waals surface area contributed by atoms with Crippen LogP contribution in [0.3, 0.4) is 0 Å². The first-order valence-electron chi connectivity index (χ1n) is 5.33. The normalized spacial score (nSPS) is 41.6. The van der Waals surface area contributed by atoms with E-state index in [-0.39, 0.29) is 24.4 Å². The molecular weight excluding hydrogens is 198 g/mol. The number of rotatable bonds is 2. The molecule has 0 amide bonds. The molecule has 0 saturated carbocycles. The van der Waals surface area contributed by atoms with Gasteiger partial charge in [-0.1, -0.05) is 0 Å². The molecule has 0 N–H and O–H groups in total. The Morgan fingerprint density at radius 2 is 0.933 bits per heavy atom. The van der Waals surface area contributed by atoms with Crippen LogP contribution >= 0.6 is 0 Å². The third-order valence-electron chi connectivity index (χ3n) is 2.85. The minimum atomic E-state index is -0.683. The molecule has 0 bridgehead atoms. The topological polar surface area (TPSA) is 46.2 Å². The van der Waals surface area contributed by atoms with E-state index in [0.29, 0.717) is 0 Å². The van der Waals surface area contributed by atoms with E-state index in [4.69, 9.17) is 23.2 Å². The van der Waals surface area contributed by atoms with Crippen molar-refractivity contribution < 1.29 is 23.2 Å². The maximum atomic E-state index is 5.40. The van der Waals surface area contributed by atoms with E-state index < -0.39 is 14.6 Å². The second-order valence-corrected chi connectivity index (χ2v) is 4.08. The summed E-state index contributed by atoms with van der Waals surface area (Å²) in [6.07, 6.45) is 0.134. The van der Waals surface area contributed by atoms with Crippen molar-refractivity contribution in [2.45, 2.75) is 52.1 Å². The highest BCUT2D eigenvalue weighted by molar-refractivity contribution is 6.52. The summed E-state index contributed by atoms with van der Waals surface area (Å²) in [5.41, 5.74) is 0. The van der Waals surface area contributed by atoms with Crippen LogP contribution in [0.1, 0.15) is 27.7 Å². The Bertz CT molecular complexity index is 187. The molecule has 0 aromatic carbocycles. The zero-order valence-corrected chi connectivity index (χ0v) is 9.51. The van der Waals surface area contributed by atoms with Crippen molar-refractivity contribution in [2.75, 3.05) is 0 Å². The lowest BCUT2D eigenvalue weighted by Gasteiger charge is -2.08. The second-order valence-electron chi connectivity index (χ2n) is 4.08. The van der Waals surface area contributed by atoms with Crippen LogP contribution in [0.25, 0.3) is 0 Å². The van der Waals surface area contributed by atoms with Gasteiger partial charge < -0.3 is 23.2 Å². The van der Waals surface area contributed by atoms with Gasteiger partial charge >= 0.3 is 14.6 Å². The first kappa shape index (κ1) is 11.4. The van der Waals surface area contributed by atoms with Gasteiger partial charge in [0.2, 0.25) is 0 Å². The van der Waals surface area contributed by atoms with Crippen LogP contribution < -0.4 is 0 Å².